The smallest absolute Gasteiger partial charge is 0.437 e. The third kappa shape index (κ3) is 4.75. The molecule has 0 radical (unpaired) electrons. The SMILES string of the molecule is CC(C)Cc1ccc(C(C)NC(=O)Cn2nc(-c3ccco3)oc2=O)cc1. The van der Waals surface area contributed by atoms with Crippen LogP contribution in [0.25, 0.3) is 11.7 Å². The molecule has 0 aliphatic carbocycles. The second-order valence-corrected chi connectivity index (χ2v) is 6.94. The summed E-state index contributed by atoms with van der Waals surface area (Å²) in [5.41, 5.74) is 2.27. The molecule has 2 aromatic heterocycles. The number of hydrogen-bond donors (Lipinski definition) is 1. The predicted molar refractivity (Wildman–Crippen MR) is 100 cm³/mol. The Kier molecular flexibility index (Phi) is 5.59. The van der Waals surface area contributed by atoms with Crippen LogP contribution in [0.3, 0.4) is 0 Å². The van der Waals surface area contributed by atoms with Gasteiger partial charge in [-0.2, -0.15) is 4.68 Å². The molecule has 3 aromatic rings. The van der Waals surface area contributed by atoms with E-state index < -0.39 is 5.76 Å². The minimum Gasteiger partial charge on any atom is -0.459 e. The van der Waals surface area contributed by atoms with Crippen molar-refractivity contribution in [2.45, 2.75) is 39.8 Å². The van der Waals surface area contributed by atoms with Gasteiger partial charge in [0, 0.05) is 0 Å². The zero-order valence-corrected chi connectivity index (χ0v) is 15.6. The summed E-state index contributed by atoms with van der Waals surface area (Å²) < 4.78 is 11.1. The molecular formula is C20H23N3O4. The van der Waals surface area contributed by atoms with Crippen molar-refractivity contribution in [3.63, 3.8) is 0 Å². The van der Waals surface area contributed by atoms with Gasteiger partial charge in [-0.15, -0.1) is 5.10 Å². The molecule has 0 bridgehead atoms. The highest BCUT2D eigenvalue weighted by atomic mass is 16.4. The van der Waals surface area contributed by atoms with E-state index in [9.17, 15) is 9.59 Å². The number of furan rings is 1. The largest absolute Gasteiger partial charge is 0.459 e. The van der Waals surface area contributed by atoms with Gasteiger partial charge in [-0.1, -0.05) is 38.1 Å². The maximum absolute atomic E-state index is 12.3. The Morgan fingerprint density at radius 2 is 1.93 bits per heavy atom. The fourth-order valence-corrected chi connectivity index (χ4v) is 2.83. The molecule has 7 heteroatoms. The Hall–Kier alpha value is -3.09. The monoisotopic (exact) mass is 369 g/mol. The van der Waals surface area contributed by atoms with E-state index in [0.717, 1.165) is 16.7 Å². The van der Waals surface area contributed by atoms with Crippen LogP contribution in [0.15, 0.2) is 56.3 Å². The number of nitrogens with one attached hydrogen (secondary N) is 1. The first-order valence-electron chi connectivity index (χ1n) is 8.92. The minimum atomic E-state index is -0.706. The molecule has 7 nitrogen and oxygen atoms in total. The van der Waals surface area contributed by atoms with Gasteiger partial charge in [-0.3, -0.25) is 4.79 Å². The van der Waals surface area contributed by atoms with Crippen LogP contribution in [0.2, 0.25) is 0 Å². The van der Waals surface area contributed by atoms with Crippen molar-refractivity contribution >= 4 is 5.91 Å². The molecular weight excluding hydrogens is 346 g/mol. The van der Waals surface area contributed by atoms with Gasteiger partial charge in [0.25, 0.3) is 5.89 Å². The molecule has 3 rings (SSSR count). The summed E-state index contributed by atoms with van der Waals surface area (Å²) in [6.07, 6.45) is 2.48. The lowest BCUT2D eigenvalue weighted by Gasteiger charge is -2.15. The summed E-state index contributed by atoms with van der Waals surface area (Å²) in [6, 6.07) is 11.3. The van der Waals surface area contributed by atoms with Crippen molar-refractivity contribution in [3.8, 4) is 11.7 Å². The fraction of sp³-hybridized carbons (Fsp3) is 0.350. The number of nitrogens with zero attached hydrogens (tertiary/aromatic N) is 2. The zero-order valence-electron chi connectivity index (χ0n) is 15.6. The third-order valence-corrected chi connectivity index (χ3v) is 4.13. The molecule has 0 fully saturated rings. The second kappa shape index (κ2) is 8.07. The normalized spacial score (nSPS) is 12.3. The summed E-state index contributed by atoms with van der Waals surface area (Å²) in [5, 5.41) is 6.87. The van der Waals surface area contributed by atoms with Crippen molar-refractivity contribution in [2.24, 2.45) is 5.92 Å². The van der Waals surface area contributed by atoms with Gasteiger partial charge in [0.2, 0.25) is 5.91 Å². The van der Waals surface area contributed by atoms with Gasteiger partial charge in [0.1, 0.15) is 6.54 Å². The maximum Gasteiger partial charge on any atom is 0.437 e. The molecule has 0 saturated carbocycles. The van der Waals surface area contributed by atoms with Crippen LogP contribution < -0.4 is 11.1 Å². The van der Waals surface area contributed by atoms with Crippen molar-refractivity contribution in [2.75, 3.05) is 0 Å². The van der Waals surface area contributed by atoms with E-state index in [1.807, 2.05) is 19.1 Å². The number of hydrogen-bond acceptors (Lipinski definition) is 5. The quantitative estimate of drug-likeness (QED) is 0.691. The second-order valence-electron chi connectivity index (χ2n) is 6.94. The summed E-state index contributed by atoms with van der Waals surface area (Å²) >= 11 is 0. The number of amides is 1. The number of benzene rings is 1. The van der Waals surface area contributed by atoms with Crippen molar-refractivity contribution in [1.82, 2.24) is 15.1 Å². The molecule has 27 heavy (non-hydrogen) atoms. The lowest BCUT2D eigenvalue weighted by molar-refractivity contribution is -0.122. The van der Waals surface area contributed by atoms with E-state index in [-0.39, 0.29) is 24.4 Å². The van der Waals surface area contributed by atoms with Crippen LogP contribution in [0, 0.1) is 5.92 Å². The van der Waals surface area contributed by atoms with Crippen LogP contribution in [0.4, 0.5) is 0 Å². The summed E-state index contributed by atoms with van der Waals surface area (Å²) in [6.45, 7) is 6.04. The molecule has 1 unspecified atom stereocenters. The highest BCUT2D eigenvalue weighted by Crippen LogP contribution is 2.16. The highest BCUT2D eigenvalue weighted by molar-refractivity contribution is 5.76. The van der Waals surface area contributed by atoms with E-state index in [1.165, 1.54) is 11.8 Å². The highest BCUT2D eigenvalue weighted by Gasteiger charge is 2.16. The Bertz CT molecular complexity index is 937. The van der Waals surface area contributed by atoms with Gasteiger partial charge >= 0.3 is 5.76 Å². The van der Waals surface area contributed by atoms with Crippen molar-refractivity contribution < 1.29 is 13.6 Å². The minimum absolute atomic E-state index is 0.0478. The molecule has 0 aliphatic heterocycles. The Balaban J connectivity index is 1.61. The summed E-state index contributed by atoms with van der Waals surface area (Å²) in [7, 11) is 0. The molecule has 1 N–H and O–H groups in total. The average molecular weight is 369 g/mol. The van der Waals surface area contributed by atoms with Crippen LogP contribution in [-0.2, 0) is 17.8 Å². The van der Waals surface area contributed by atoms with E-state index in [2.05, 4.69) is 36.4 Å². The molecule has 0 saturated heterocycles. The number of carbonyl (C=O) groups excluding carboxylic acids is 1. The number of carbonyl (C=O) groups is 1. The lowest BCUT2D eigenvalue weighted by atomic mass is 10.00. The standard InChI is InChI=1S/C20H23N3O4/c1-13(2)11-15-6-8-16(9-7-15)14(3)21-18(24)12-23-20(25)27-19(22-23)17-5-4-10-26-17/h4-10,13-14H,11-12H2,1-3H3,(H,21,24). The van der Waals surface area contributed by atoms with Gasteiger partial charge in [-0.05, 0) is 42.5 Å². The number of aromatic nitrogens is 2. The van der Waals surface area contributed by atoms with E-state index in [4.69, 9.17) is 8.83 Å². The summed E-state index contributed by atoms with van der Waals surface area (Å²) in [5.74, 6) is -0.0510. The predicted octanol–water partition coefficient (Wildman–Crippen LogP) is 3.17. The first-order chi connectivity index (χ1) is 12.9. The Labute approximate surface area is 157 Å². The fourth-order valence-electron chi connectivity index (χ4n) is 2.83. The van der Waals surface area contributed by atoms with E-state index in [0.29, 0.717) is 11.7 Å². The van der Waals surface area contributed by atoms with Crippen molar-refractivity contribution in [3.05, 3.63) is 64.3 Å². The van der Waals surface area contributed by atoms with Crippen LogP contribution in [-0.4, -0.2) is 15.7 Å². The summed E-state index contributed by atoms with van der Waals surface area (Å²) in [4.78, 5) is 24.1. The first kappa shape index (κ1) is 18.7. The van der Waals surface area contributed by atoms with Gasteiger partial charge in [0.15, 0.2) is 5.76 Å². The Morgan fingerprint density at radius 3 is 2.56 bits per heavy atom. The van der Waals surface area contributed by atoms with Gasteiger partial charge in [0.05, 0.1) is 12.3 Å². The van der Waals surface area contributed by atoms with E-state index >= 15 is 0 Å². The van der Waals surface area contributed by atoms with Crippen molar-refractivity contribution in [1.29, 1.82) is 0 Å². The van der Waals surface area contributed by atoms with Gasteiger partial charge in [-0.25, -0.2) is 4.79 Å². The molecule has 0 spiro atoms. The zero-order chi connectivity index (χ0) is 19.4. The average Bonchev–Trinajstić information content (AvgIpc) is 3.25. The molecule has 142 valence electrons. The Morgan fingerprint density at radius 1 is 1.19 bits per heavy atom. The maximum atomic E-state index is 12.3. The van der Waals surface area contributed by atoms with Gasteiger partial charge < -0.3 is 14.2 Å². The molecule has 1 atom stereocenters. The molecule has 2 heterocycles. The molecule has 1 aromatic carbocycles. The van der Waals surface area contributed by atoms with E-state index in [1.54, 1.807) is 12.1 Å². The number of rotatable bonds is 7. The van der Waals surface area contributed by atoms with Crippen LogP contribution in [0.5, 0.6) is 0 Å². The van der Waals surface area contributed by atoms with Crippen LogP contribution >= 0.6 is 0 Å². The third-order valence-electron chi connectivity index (χ3n) is 4.13. The lowest BCUT2D eigenvalue weighted by Crippen LogP contribution is -2.33. The molecule has 0 aliphatic rings. The first-order valence-corrected chi connectivity index (χ1v) is 8.92. The molecule has 1 amide bonds. The topological polar surface area (TPSA) is 90.3 Å². The van der Waals surface area contributed by atoms with Crippen LogP contribution in [0.1, 0.15) is 37.9 Å².